The Morgan fingerprint density at radius 1 is 1.40 bits per heavy atom. The fourth-order valence-corrected chi connectivity index (χ4v) is 3.58. The Kier molecular flexibility index (Phi) is 4.41. The van der Waals surface area contributed by atoms with Gasteiger partial charge in [0.1, 0.15) is 6.04 Å². The molecule has 1 unspecified atom stereocenters. The van der Waals surface area contributed by atoms with Crippen molar-refractivity contribution in [3.8, 4) is 0 Å². The predicted octanol–water partition coefficient (Wildman–Crippen LogP) is 1.57. The Labute approximate surface area is 146 Å². The van der Waals surface area contributed by atoms with Gasteiger partial charge in [-0.05, 0) is 38.5 Å². The molecule has 0 aromatic heterocycles. The lowest BCUT2D eigenvalue weighted by atomic mass is 10.0. The zero-order valence-corrected chi connectivity index (χ0v) is 14.5. The van der Waals surface area contributed by atoms with E-state index in [2.05, 4.69) is 17.2 Å². The van der Waals surface area contributed by atoms with E-state index in [0.29, 0.717) is 25.9 Å². The molecule has 2 aliphatic carbocycles. The van der Waals surface area contributed by atoms with E-state index in [1.54, 1.807) is 4.90 Å². The number of nitrogens with one attached hydrogen (secondary N) is 2. The molecule has 3 amide bonds. The normalized spacial score (nSPS) is 25.6. The summed E-state index contributed by atoms with van der Waals surface area (Å²) in [6.45, 7) is 5.82. The SMILES string of the molecule is C=C(NC1CN(C(=O)N[C@@H](CC(C)(F)F)C(N)=O)CC12CC2)C1CC1. The minimum Gasteiger partial charge on any atom is -0.383 e. The molecule has 6 nitrogen and oxygen atoms in total. The number of carbonyl (C=O) groups is 2. The van der Waals surface area contributed by atoms with Crippen molar-refractivity contribution >= 4 is 11.9 Å². The summed E-state index contributed by atoms with van der Waals surface area (Å²) in [5, 5.41) is 5.84. The van der Waals surface area contributed by atoms with Gasteiger partial charge in [-0.3, -0.25) is 4.79 Å². The lowest BCUT2D eigenvalue weighted by Crippen LogP contribution is -2.51. The summed E-state index contributed by atoms with van der Waals surface area (Å²) in [6.07, 6.45) is 3.56. The van der Waals surface area contributed by atoms with Gasteiger partial charge in [0, 0.05) is 30.6 Å². The second-order valence-electron chi connectivity index (χ2n) is 7.92. The molecule has 2 atom stereocenters. The van der Waals surface area contributed by atoms with E-state index >= 15 is 0 Å². The zero-order valence-electron chi connectivity index (χ0n) is 14.5. The first-order valence-electron chi connectivity index (χ1n) is 8.78. The van der Waals surface area contributed by atoms with Gasteiger partial charge >= 0.3 is 6.03 Å². The number of allylic oxidation sites excluding steroid dienone is 1. The van der Waals surface area contributed by atoms with Crippen LogP contribution in [0.1, 0.15) is 39.0 Å². The third-order valence-corrected chi connectivity index (χ3v) is 5.46. The number of hydrogen-bond acceptors (Lipinski definition) is 3. The highest BCUT2D eigenvalue weighted by Gasteiger charge is 2.56. The molecule has 140 valence electrons. The Morgan fingerprint density at radius 3 is 2.52 bits per heavy atom. The van der Waals surface area contributed by atoms with E-state index in [9.17, 15) is 18.4 Å². The van der Waals surface area contributed by atoms with Crippen molar-refractivity contribution in [2.75, 3.05) is 13.1 Å². The van der Waals surface area contributed by atoms with Crippen LogP contribution in [0.4, 0.5) is 13.6 Å². The minimum absolute atomic E-state index is 0.0477. The van der Waals surface area contributed by atoms with Crippen molar-refractivity contribution in [3.63, 3.8) is 0 Å². The van der Waals surface area contributed by atoms with Crippen molar-refractivity contribution in [1.82, 2.24) is 15.5 Å². The molecule has 0 radical (unpaired) electrons. The topological polar surface area (TPSA) is 87.5 Å². The maximum atomic E-state index is 13.2. The standard InChI is InChI=1S/C17H26F2N4O2/c1-10(11-3-4-11)21-13-8-23(9-17(13)5-6-17)15(25)22-12(14(20)24)7-16(2,18)19/h11-13,21H,1,3-9H2,2H3,(H2,20,24)(H,22,25)/t12-,13?/m0/s1. The largest absolute Gasteiger partial charge is 0.383 e. The first-order valence-corrected chi connectivity index (χ1v) is 8.78. The number of amides is 3. The highest BCUT2D eigenvalue weighted by molar-refractivity contribution is 5.86. The van der Waals surface area contributed by atoms with Gasteiger partial charge in [0.05, 0.1) is 6.04 Å². The third kappa shape index (κ3) is 4.22. The van der Waals surface area contributed by atoms with Crippen LogP contribution in [0.2, 0.25) is 0 Å². The van der Waals surface area contributed by atoms with Crippen molar-refractivity contribution in [3.05, 3.63) is 12.3 Å². The molecule has 3 fully saturated rings. The smallest absolute Gasteiger partial charge is 0.318 e. The molecule has 3 rings (SSSR count). The van der Waals surface area contributed by atoms with Gasteiger partial charge in [-0.15, -0.1) is 0 Å². The first-order chi connectivity index (χ1) is 11.6. The summed E-state index contributed by atoms with van der Waals surface area (Å²) >= 11 is 0. The molecule has 8 heteroatoms. The monoisotopic (exact) mass is 356 g/mol. The van der Waals surface area contributed by atoms with Crippen LogP contribution in [-0.4, -0.2) is 47.9 Å². The molecule has 1 spiro atoms. The van der Waals surface area contributed by atoms with Crippen LogP contribution in [0.3, 0.4) is 0 Å². The average Bonchev–Trinajstić information content (AvgIpc) is 3.36. The van der Waals surface area contributed by atoms with Crippen molar-refractivity contribution in [2.24, 2.45) is 17.1 Å². The van der Waals surface area contributed by atoms with E-state index in [0.717, 1.165) is 31.4 Å². The summed E-state index contributed by atoms with van der Waals surface area (Å²) in [5.41, 5.74) is 6.24. The number of nitrogens with two attached hydrogens (primary N) is 1. The number of carbonyl (C=O) groups excluding carboxylic acids is 2. The number of hydrogen-bond donors (Lipinski definition) is 3. The number of likely N-dealkylation sites (tertiary alicyclic amines) is 1. The lowest BCUT2D eigenvalue weighted by molar-refractivity contribution is -0.122. The molecule has 0 aromatic carbocycles. The van der Waals surface area contributed by atoms with Crippen LogP contribution in [0.25, 0.3) is 0 Å². The highest BCUT2D eigenvalue weighted by atomic mass is 19.3. The van der Waals surface area contributed by atoms with Crippen molar-refractivity contribution in [1.29, 1.82) is 0 Å². The Hall–Kier alpha value is -1.86. The molecule has 1 aliphatic heterocycles. The maximum Gasteiger partial charge on any atom is 0.318 e. The van der Waals surface area contributed by atoms with Crippen LogP contribution in [-0.2, 0) is 4.79 Å². The molecule has 1 saturated heterocycles. The summed E-state index contributed by atoms with van der Waals surface area (Å²) in [6, 6.07) is -1.76. The summed E-state index contributed by atoms with van der Waals surface area (Å²) < 4.78 is 26.4. The Balaban J connectivity index is 1.58. The molecular weight excluding hydrogens is 330 g/mol. The van der Waals surface area contributed by atoms with E-state index in [4.69, 9.17) is 5.73 Å². The average molecular weight is 356 g/mol. The van der Waals surface area contributed by atoms with Crippen LogP contribution in [0.15, 0.2) is 12.3 Å². The number of halogens is 2. The number of primary amides is 1. The van der Waals surface area contributed by atoms with Gasteiger partial charge in [0.25, 0.3) is 0 Å². The number of nitrogens with zero attached hydrogens (tertiary/aromatic N) is 1. The summed E-state index contributed by atoms with van der Waals surface area (Å²) in [5.74, 6) is -3.50. The molecule has 2 saturated carbocycles. The second kappa shape index (κ2) is 6.14. The molecular formula is C17H26F2N4O2. The molecule has 0 aromatic rings. The molecule has 1 heterocycles. The van der Waals surface area contributed by atoms with Crippen LogP contribution < -0.4 is 16.4 Å². The van der Waals surface area contributed by atoms with Crippen molar-refractivity contribution < 1.29 is 18.4 Å². The number of urea groups is 1. The van der Waals surface area contributed by atoms with E-state index in [-0.39, 0.29) is 11.5 Å². The van der Waals surface area contributed by atoms with Crippen molar-refractivity contribution in [2.45, 2.75) is 57.0 Å². The molecule has 25 heavy (non-hydrogen) atoms. The zero-order chi connectivity index (χ0) is 18.4. The number of alkyl halides is 2. The molecule has 0 bridgehead atoms. The summed E-state index contributed by atoms with van der Waals surface area (Å²) in [4.78, 5) is 25.4. The third-order valence-electron chi connectivity index (χ3n) is 5.46. The van der Waals surface area contributed by atoms with Gasteiger partial charge in [-0.25, -0.2) is 13.6 Å². The van der Waals surface area contributed by atoms with Gasteiger partial charge in [-0.1, -0.05) is 6.58 Å². The van der Waals surface area contributed by atoms with Crippen LogP contribution in [0, 0.1) is 11.3 Å². The molecule has 4 N–H and O–H groups in total. The predicted molar refractivity (Wildman–Crippen MR) is 88.8 cm³/mol. The fourth-order valence-electron chi connectivity index (χ4n) is 3.58. The van der Waals surface area contributed by atoms with E-state index in [1.807, 2.05) is 0 Å². The second-order valence-corrected chi connectivity index (χ2v) is 7.92. The van der Waals surface area contributed by atoms with E-state index in [1.165, 1.54) is 0 Å². The summed E-state index contributed by atoms with van der Waals surface area (Å²) in [7, 11) is 0. The fraction of sp³-hybridized carbons (Fsp3) is 0.765. The quantitative estimate of drug-likeness (QED) is 0.647. The minimum atomic E-state index is -3.08. The first kappa shape index (κ1) is 17.9. The highest BCUT2D eigenvalue weighted by Crippen LogP contribution is 2.53. The Morgan fingerprint density at radius 2 is 2.04 bits per heavy atom. The van der Waals surface area contributed by atoms with Gasteiger partial charge in [0.2, 0.25) is 11.8 Å². The number of rotatable bonds is 7. The molecule has 3 aliphatic rings. The van der Waals surface area contributed by atoms with Gasteiger partial charge < -0.3 is 21.3 Å². The van der Waals surface area contributed by atoms with Crippen LogP contribution >= 0.6 is 0 Å². The van der Waals surface area contributed by atoms with Gasteiger partial charge in [0.15, 0.2) is 0 Å². The maximum absolute atomic E-state index is 13.2. The lowest BCUT2D eigenvalue weighted by Gasteiger charge is -2.23. The van der Waals surface area contributed by atoms with Gasteiger partial charge in [-0.2, -0.15) is 0 Å². The van der Waals surface area contributed by atoms with E-state index < -0.39 is 30.3 Å². The van der Waals surface area contributed by atoms with Crippen LogP contribution in [0.5, 0.6) is 0 Å². The Bertz CT molecular complexity index is 582.